The molecule has 5 rings (SSSR count). The van der Waals surface area contributed by atoms with Gasteiger partial charge in [0.15, 0.2) is 0 Å². The molecule has 0 bridgehead atoms. The lowest BCUT2D eigenvalue weighted by molar-refractivity contribution is 0.592. The van der Waals surface area contributed by atoms with Crippen LogP contribution in [0.5, 0.6) is 0 Å². The minimum Gasteiger partial charge on any atom is -0.338 e. The van der Waals surface area contributed by atoms with Gasteiger partial charge in [-0.05, 0) is 48.9 Å². The zero-order chi connectivity index (χ0) is 24.4. The van der Waals surface area contributed by atoms with Crippen molar-refractivity contribution in [2.45, 2.75) is 11.8 Å². The number of sulfonamides is 1. The summed E-state index contributed by atoms with van der Waals surface area (Å²) in [6.45, 7) is 2.08. The molecule has 0 atom stereocenters. The molecule has 176 valence electrons. The molecule has 0 aliphatic heterocycles. The van der Waals surface area contributed by atoms with Crippen molar-refractivity contribution in [3.8, 4) is 11.1 Å². The Labute approximate surface area is 206 Å². The summed E-state index contributed by atoms with van der Waals surface area (Å²) < 4.78 is 42.3. The molecule has 0 aliphatic rings. The second kappa shape index (κ2) is 9.44. The summed E-state index contributed by atoms with van der Waals surface area (Å²) in [5, 5.41) is 5.92. The Morgan fingerprint density at radius 3 is 2.40 bits per heavy atom. The van der Waals surface area contributed by atoms with Crippen molar-refractivity contribution in [1.82, 2.24) is 9.97 Å². The Morgan fingerprint density at radius 2 is 1.66 bits per heavy atom. The van der Waals surface area contributed by atoms with Crippen LogP contribution in [-0.2, 0) is 10.0 Å². The highest BCUT2D eigenvalue weighted by molar-refractivity contribution is 7.93. The summed E-state index contributed by atoms with van der Waals surface area (Å²) in [6, 6.07) is 22.0. The van der Waals surface area contributed by atoms with Crippen LogP contribution in [0, 0.1) is 5.82 Å². The maximum absolute atomic E-state index is 13.7. The number of aromatic nitrogens is 2. The van der Waals surface area contributed by atoms with Gasteiger partial charge in [0.1, 0.15) is 27.7 Å². The molecule has 0 fully saturated rings. The van der Waals surface area contributed by atoms with Crippen LogP contribution in [0.2, 0.25) is 0 Å². The van der Waals surface area contributed by atoms with Crippen molar-refractivity contribution in [3.63, 3.8) is 0 Å². The van der Waals surface area contributed by atoms with Gasteiger partial charge in [0.05, 0.1) is 16.8 Å². The van der Waals surface area contributed by atoms with Crippen molar-refractivity contribution >= 4 is 48.8 Å². The number of thiophene rings is 1. The number of para-hydroxylation sites is 2. The first-order chi connectivity index (χ1) is 17.0. The molecule has 35 heavy (non-hydrogen) atoms. The Balaban J connectivity index is 1.60. The summed E-state index contributed by atoms with van der Waals surface area (Å²) >= 11 is 1.44. The quantitative estimate of drug-likeness (QED) is 0.275. The molecule has 9 heteroatoms. The van der Waals surface area contributed by atoms with Crippen molar-refractivity contribution in [1.29, 1.82) is 0 Å². The van der Waals surface area contributed by atoms with Crippen molar-refractivity contribution in [2.24, 2.45) is 0 Å². The Bertz CT molecular complexity index is 1590. The molecular weight excluding hydrogens is 483 g/mol. The van der Waals surface area contributed by atoms with Gasteiger partial charge in [0.25, 0.3) is 10.0 Å². The second-order valence-corrected chi connectivity index (χ2v) is 10.4. The number of rotatable bonds is 7. The molecule has 2 heterocycles. The molecule has 0 saturated carbocycles. The van der Waals surface area contributed by atoms with E-state index < -0.39 is 10.0 Å². The van der Waals surface area contributed by atoms with E-state index in [0.29, 0.717) is 17.2 Å². The first kappa shape index (κ1) is 22.9. The lowest BCUT2D eigenvalue weighted by atomic mass is 10.1. The zero-order valence-electron chi connectivity index (χ0n) is 18.7. The third-order valence-electron chi connectivity index (χ3n) is 5.57. The van der Waals surface area contributed by atoms with Gasteiger partial charge in [0.2, 0.25) is 0 Å². The fourth-order valence-corrected chi connectivity index (χ4v) is 6.48. The highest BCUT2D eigenvalue weighted by Crippen LogP contribution is 2.38. The Kier molecular flexibility index (Phi) is 6.19. The van der Waals surface area contributed by atoms with Crippen molar-refractivity contribution in [2.75, 3.05) is 16.2 Å². The van der Waals surface area contributed by atoms with E-state index in [0.717, 1.165) is 21.3 Å². The molecule has 5 aromatic rings. The van der Waals surface area contributed by atoms with Crippen LogP contribution in [0.3, 0.4) is 0 Å². The molecule has 2 aromatic heterocycles. The van der Waals surface area contributed by atoms with E-state index in [4.69, 9.17) is 0 Å². The van der Waals surface area contributed by atoms with Crippen LogP contribution in [0.15, 0.2) is 95.5 Å². The number of halogens is 1. The SMILES string of the molecule is CCN(c1ccccc1)S(=O)(=O)c1ccccc1Nc1ncnc2scc(-c3ccc(F)cc3)c12. The van der Waals surface area contributed by atoms with E-state index in [1.165, 1.54) is 34.1 Å². The first-order valence-electron chi connectivity index (χ1n) is 10.9. The van der Waals surface area contributed by atoms with Gasteiger partial charge in [-0.25, -0.2) is 22.8 Å². The topological polar surface area (TPSA) is 75.2 Å². The summed E-state index contributed by atoms with van der Waals surface area (Å²) in [5.74, 6) is 0.155. The maximum atomic E-state index is 13.7. The van der Waals surface area contributed by atoms with Gasteiger partial charge in [-0.15, -0.1) is 11.3 Å². The van der Waals surface area contributed by atoms with Crippen molar-refractivity contribution in [3.05, 3.63) is 96.4 Å². The molecule has 6 nitrogen and oxygen atoms in total. The number of nitrogens with one attached hydrogen (secondary N) is 1. The average molecular weight is 505 g/mol. The number of anilines is 3. The van der Waals surface area contributed by atoms with E-state index in [1.54, 1.807) is 55.5 Å². The maximum Gasteiger partial charge on any atom is 0.266 e. The van der Waals surface area contributed by atoms with E-state index in [-0.39, 0.29) is 17.3 Å². The van der Waals surface area contributed by atoms with Crippen LogP contribution in [0.4, 0.5) is 21.6 Å². The largest absolute Gasteiger partial charge is 0.338 e. The van der Waals surface area contributed by atoms with Gasteiger partial charge in [-0.1, -0.05) is 42.5 Å². The monoisotopic (exact) mass is 504 g/mol. The lowest BCUT2D eigenvalue weighted by Gasteiger charge is -2.24. The van der Waals surface area contributed by atoms with Crippen LogP contribution in [0.25, 0.3) is 21.3 Å². The number of benzene rings is 3. The minimum atomic E-state index is -3.87. The third-order valence-corrected chi connectivity index (χ3v) is 8.41. The molecule has 0 spiro atoms. The molecule has 0 radical (unpaired) electrons. The molecular formula is C26H21FN4O2S2. The van der Waals surface area contributed by atoms with E-state index >= 15 is 0 Å². The first-order valence-corrected chi connectivity index (χ1v) is 13.2. The minimum absolute atomic E-state index is 0.135. The fraction of sp³-hybridized carbons (Fsp3) is 0.0769. The fourth-order valence-electron chi connectivity index (χ4n) is 3.94. The number of hydrogen-bond donors (Lipinski definition) is 1. The van der Waals surface area contributed by atoms with Gasteiger partial charge >= 0.3 is 0 Å². The van der Waals surface area contributed by atoms with Gasteiger partial charge in [0, 0.05) is 17.5 Å². The zero-order valence-corrected chi connectivity index (χ0v) is 20.4. The molecule has 1 N–H and O–H groups in total. The normalized spacial score (nSPS) is 11.5. The lowest BCUT2D eigenvalue weighted by Crippen LogP contribution is -2.31. The van der Waals surface area contributed by atoms with E-state index in [9.17, 15) is 12.8 Å². The van der Waals surface area contributed by atoms with Crippen molar-refractivity contribution < 1.29 is 12.8 Å². The number of hydrogen-bond acceptors (Lipinski definition) is 6. The smallest absolute Gasteiger partial charge is 0.266 e. The van der Waals surface area contributed by atoms with E-state index in [2.05, 4.69) is 15.3 Å². The van der Waals surface area contributed by atoms with Crippen LogP contribution < -0.4 is 9.62 Å². The molecule has 0 amide bonds. The predicted octanol–water partition coefficient (Wildman–Crippen LogP) is 6.46. The van der Waals surface area contributed by atoms with Gasteiger partial charge < -0.3 is 5.32 Å². The summed E-state index contributed by atoms with van der Waals surface area (Å²) in [6.07, 6.45) is 1.44. The Hall–Kier alpha value is -3.82. The Morgan fingerprint density at radius 1 is 0.943 bits per heavy atom. The number of nitrogens with zero attached hydrogens (tertiary/aromatic N) is 3. The van der Waals surface area contributed by atoms with Crippen LogP contribution in [-0.4, -0.2) is 24.9 Å². The highest BCUT2D eigenvalue weighted by Gasteiger charge is 2.27. The molecule has 0 aliphatic carbocycles. The van der Waals surface area contributed by atoms with Crippen LogP contribution >= 0.6 is 11.3 Å². The summed E-state index contributed by atoms with van der Waals surface area (Å²) in [5.41, 5.74) is 2.65. The molecule has 3 aromatic carbocycles. The van der Waals surface area contributed by atoms with Gasteiger partial charge in [-0.3, -0.25) is 4.31 Å². The molecule has 0 saturated heterocycles. The van der Waals surface area contributed by atoms with Gasteiger partial charge in [-0.2, -0.15) is 0 Å². The highest BCUT2D eigenvalue weighted by atomic mass is 32.2. The second-order valence-electron chi connectivity index (χ2n) is 7.69. The van der Waals surface area contributed by atoms with Crippen LogP contribution in [0.1, 0.15) is 6.92 Å². The summed E-state index contributed by atoms with van der Waals surface area (Å²) in [4.78, 5) is 9.67. The predicted molar refractivity (Wildman–Crippen MR) is 139 cm³/mol. The molecule has 0 unspecified atom stereocenters. The van der Waals surface area contributed by atoms with E-state index in [1.807, 2.05) is 23.6 Å². The average Bonchev–Trinajstić information content (AvgIpc) is 3.31. The third kappa shape index (κ3) is 4.36. The summed E-state index contributed by atoms with van der Waals surface area (Å²) in [7, 11) is -3.87. The number of fused-ring (bicyclic) bond motifs is 1. The standard InChI is InChI=1S/C26H21FN4O2S2/c1-2-31(20-8-4-3-5-9-20)35(32,33)23-11-7-6-10-22(23)30-25-24-21(16-34-26(24)29-17-28-25)18-12-14-19(27)15-13-18/h3-17H,2H2,1H3,(H,28,29,30).